The molecule has 0 N–H and O–H groups in total. The third-order valence-electron chi connectivity index (χ3n) is 3.12. The zero-order valence-electron chi connectivity index (χ0n) is 14.5. The van der Waals surface area contributed by atoms with Crippen LogP contribution in [0.15, 0.2) is 91.0 Å². The molecule has 3 rings (SSSR count). The summed E-state index contributed by atoms with van der Waals surface area (Å²) in [6.45, 7) is 3.07. The first-order chi connectivity index (χ1) is 11.4. The van der Waals surface area contributed by atoms with Gasteiger partial charge in [0.05, 0.1) is 6.61 Å². The van der Waals surface area contributed by atoms with E-state index < -0.39 is 0 Å². The minimum Gasteiger partial charge on any atom is -0.748 e. The second-order valence-electron chi connectivity index (χ2n) is 5.15. The summed E-state index contributed by atoms with van der Waals surface area (Å²) in [6.07, 6.45) is 5.05. The molecule has 0 aliphatic rings. The van der Waals surface area contributed by atoms with Crippen molar-refractivity contribution in [2.24, 2.45) is 0 Å². The van der Waals surface area contributed by atoms with E-state index in [9.17, 15) is 0 Å². The molecule has 2 heteroatoms. The van der Waals surface area contributed by atoms with E-state index in [2.05, 4.69) is 6.92 Å². The molecule has 0 bridgehead atoms. The van der Waals surface area contributed by atoms with E-state index in [1.54, 1.807) is 0 Å². The van der Waals surface area contributed by atoms with Crippen LogP contribution in [0.1, 0.15) is 32.6 Å². The normalized spacial score (nSPS) is 8.71. The van der Waals surface area contributed by atoms with Crippen LogP contribution in [0.3, 0.4) is 0 Å². The molecule has 0 aromatic heterocycles. The summed E-state index contributed by atoms with van der Waals surface area (Å²) < 4.78 is 5.55. The number of para-hydroxylation sites is 1. The van der Waals surface area contributed by atoms with Gasteiger partial charge in [0.15, 0.2) is 0 Å². The molecule has 0 unspecified atom stereocenters. The van der Waals surface area contributed by atoms with Crippen molar-refractivity contribution < 1.29 is 21.8 Å². The fraction of sp³-hybridized carbons (Fsp3) is 0.273. The summed E-state index contributed by atoms with van der Waals surface area (Å²) in [5, 5.41) is 0. The van der Waals surface area contributed by atoms with Crippen molar-refractivity contribution in [2.75, 3.05) is 6.61 Å². The van der Waals surface area contributed by atoms with Gasteiger partial charge in [-0.25, -0.2) is 12.1 Å². The summed E-state index contributed by atoms with van der Waals surface area (Å²) in [6, 6.07) is 30.0. The van der Waals surface area contributed by atoms with Gasteiger partial charge in [-0.1, -0.05) is 44.4 Å². The van der Waals surface area contributed by atoms with Crippen molar-refractivity contribution in [1.29, 1.82) is 0 Å². The number of hydrogen-bond acceptors (Lipinski definition) is 1. The van der Waals surface area contributed by atoms with E-state index in [0.717, 1.165) is 12.4 Å². The van der Waals surface area contributed by atoms with E-state index in [1.165, 1.54) is 25.7 Å². The molecule has 1 nitrogen and oxygen atoms in total. The van der Waals surface area contributed by atoms with Crippen molar-refractivity contribution in [2.45, 2.75) is 32.6 Å². The van der Waals surface area contributed by atoms with Crippen molar-refractivity contribution in [3.05, 3.63) is 91.0 Å². The van der Waals surface area contributed by atoms with Gasteiger partial charge in [0.25, 0.3) is 0 Å². The van der Waals surface area contributed by atoms with E-state index in [4.69, 9.17) is 4.74 Å². The van der Waals surface area contributed by atoms with Crippen LogP contribution >= 0.6 is 0 Å². The molecule has 0 aliphatic heterocycles. The summed E-state index contributed by atoms with van der Waals surface area (Å²) in [5.74, 6) is 0.985. The minimum atomic E-state index is 0. The van der Waals surface area contributed by atoms with E-state index in [1.807, 2.05) is 91.0 Å². The Bertz CT molecular complexity index is 454. The number of hydrogen-bond donors (Lipinski definition) is 0. The van der Waals surface area contributed by atoms with Gasteiger partial charge < -0.3 is 35.1 Å². The fourth-order valence-corrected chi connectivity index (χ4v) is 1.88. The van der Waals surface area contributed by atoms with E-state index >= 15 is 0 Å². The number of rotatable bonds is 6. The van der Waals surface area contributed by atoms with E-state index in [0.29, 0.717) is 0 Å². The topological polar surface area (TPSA) is 9.23 Å². The minimum absolute atomic E-state index is 0. The maximum absolute atomic E-state index is 5.55. The third-order valence-corrected chi connectivity index (χ3v) is 3.12. The predicted molar refractivity (Wildman–Crippen MR) is 100 cm³/mol. The van der Waals surface area contributed by atoms with Crippen molar-refractivity contribution in [1.82, 2.24) is 0 Å². The van der Waals surface area contributed by atoms with Gasteiger partial charge in [0.2, 0.25) is 0 Å². The molecule has 0 amide bonds. The largest absolute Gasteiger partial charge is 0.748 e. The summed E-state index contributed by atoms with van der Waals surface area (Å²) in [4.78, 5) is 0. The van der Waals surface area contributed by atoms with Gasteiger partial charge in [0, 0.05) is 17.1 Å². The maximum atomic E-state index is 5.55. The van der Waals surface area contributed by atoms with Gasteiger partial charge in [-0.15, -0.1) is 0 Å². The van der Waals surface area contributed by atoms with Crippen LogP contribution in [0.4, 0.5) is 0 Å². The first-order valence-corrected chi connectivity index (χ1v) is 8.44. The Labute approximate surface area is 157 Å². The zero-order valence-corrected chi connectivity index (χ0v) is 15.6. The van der Waals surface area contributed by atoms with Crippen LogP contribution in [-0.2, 0) is 17.1 Å². The summed E-state index contributed by atoms with van der Waals surface area (Å²) in [7, 11) is 0. The van der Waals surface area contributed by atoms with Gasteiger partial charge >= 0.3 is 0 Å². The molecule has 0 radical (unpaired) electrons. The van der Waals surface area contributed by atoms with Crippen LogP contribution in [0.2, 0.25) is 0 Å². The van der Waals surface area contributed by atoms with Crippen LogP contribution in [-0.4, -0.2) is 6.61 Å². The number of ether oxygens (including phenoxy) is 1. The molecule has 0 saturated carbocycles. The standard InChI is InChI=1S/C12H18O.2C5H5.Fe/c1-2-3-4-8-11-13-12-9-6-5-7-10-12;2*1-2-4-5-3-1;/h5-7,9-10H,2-4,8,11H2,1H3;2*1-5H;/q;-5;-1;. The van der Waals surface area contributed by atoms with Gasteiger partial charge in [-0.3, -0.25) is 0 Å². The molecule has 0 heterocycles. The van der Waals surface area contributed by atoms with E-state index in [-0.39, 0.29) is 17.1 Å². The average Bonchev–Trinajstić information content (AvgIpc) is 3.33. The number of benzene rings is 1. The van der Waals surface area contributed by atoms with Crippen LogP contribution in [0.25, 0.3) is 0 Å². The zero-order chi connectivity index (χ0) is 16.4. The monoisotopic (exact) mass is 364 g/mol. The SMILES string of the molecule is CCCCCCOc1ccccc1.[Fe].[cH-]1[cH-][cH-][cH-][cH-]1.c1cc[cH-]c1. The third kappa shape index (κ3) is 13.9. The molecule has 0 saturated heterocycles. The van der Waals surface area contributed by atoms with Crippen molar-refractivity contribution in [3.63, 3.8) is 0 Å². The van der Waals surface area contributed by atoms with Crippen molar-refractivity contribution in [3.8, 4) is 5.75 Å². The molecule has 136 valence electrons. The first-order valence-electron chi connectivity index (χ1n) is 8.44. The first kappa shape index (κ1) is 22.2. The predicted octanol–water partition coefficient (Wildman–Crippen LogP) is 6.45. The molecule has 24 heavy (non-hydrogen) atoms. The molecular formula is C22H28FeO-6. The molecule has 0 atom stereocenters. The molecule has 0 aliphatic carbocycles. The van der Waals surface area contributed by atoms with Crippen molar-refractivity contribution >= 4 is 0 Å². The number of unbranched alkanes of at least 4 members (excludes halogenated alkanes) is 3. The molecule has 0 fully saturated rings. The van der Waals surface area contributed by atoms with Gasteiger partial charge in [-0.05, 0) is 18.6 Å². The van der Waals surface area contributed by atoms with Crippen LogP contribution in [0.5, 0.6) is 5.75 Å². The Balaban J connectivity index is 0.000000393. The molecule has 3 aromatic rings. The molecular weight excluding hydrogens is 336 g/mol. The maximum Gasteiger partial charge on any atom is 0.119 e. The summed E-state index contributed by atoms with van der Waals surface area (Å²) in [5.41, 5.74) is 0. The van der Waals surface area contributed by atoms with Crippen LogP contribution < -0.4 is 4.74 Å². The Morgan fingerprint density at radius 2 is 1.33 bits per heavy atom. The van der Waals surface area contributed by atoms with Crippen LogP contribution in [0, 0.1) is 0 Å². The Morgan fingerprint density at radius 3 is 1.79 bits per heavy atom. The van der Waals surface area contributed by atoms with Gasteiger partial charge in [0.1, 0.15) is 5.75 Å². The second-order valence-corrected chi connectivity index (χ2v) is 5.15. The summed E-state index contributed by atoms with van der Waals surface area (Å²) >= 11 is 0. The van der Waals surface area contributed by atoms with Gasteiger partial charge in [-0.2, -0.15) is 18.2 Å². The smallest absolute Gasteiger partial charge is 0.119 e. The Hall–Kier alpha value is -1.76. The average molecular weight is 364 g/mol. The molecule has 3 aromatic carbocycles. The second kappa shape index (κ2) is 17.6. The molecule has 0 spiro atoms. The Morgan fingerprint density at radius 1 is 0.750 bits per heavy atom. The fourth-order valence-electron chi connectivity index (χ4n) is 1.88. The quantitative estimate of drug-likeness (QED) is 0.277. The Kier molecular flexibility index (Phi) is 16.3.